The number of nitrogen functional groups attached to an aromatic ring is 1. The van der Waals surface area contributed by atoms with E-state index in [4.69, 9.17) is 15.2 Å². The molecule has 0 spiro atoms. The number of benzene rings is 1. The maximum Gasteiger partial charge on any atom is 0.224 e. The van der Waals surface area contributed by atoms with Gasteiger partial charge >= 0.3 is 0 Å². The van der Waals surface area contributed by atoms with Crippen LogP contribution in [0.5, 0.6) is 0 Å². The summed E-state index contributed by atoms with van der Waals surface area (Å²) in [5.41, 5.74) is 6.85. The molecule has 5 heteroatoms. The second-order valence-corrected chi connectivity index (χ2v) is 5.60. The second-order valence-electron chi connectivity index (χ2n) is 5.60. The van der Waals surface area contributed by atoms with Gasteiger partial charge in [-0.3, -0.25) is 4.79 Å². The summed E-state index contributed by atoms with van der Waals surface area (Å²) in [6.07, 6.45) is 1.96. The topological polar surface area (TPSA) is 73.6 Å². The molecule has 0 saturated heterocycles. The van der Waals surface area contributed by atoms with Crippen LogP contribution in [-0.4, -0.2) is 31.8 Å². The SMILES string of the molecule is COC(C)(C)CCOCCCC(=O)Nc1cccc(N)c1. The number of methoxy groups -OCH3 is 1. The highest BCUT2D eigenvalue weighted by molar-refractivity contribution is 5.91. The molecule has 0 aliphatic rings. The molecule has 0 aromatic heterocycles. The fourth-order valence-electron chi connectivity index (χ4n) is 1.70. The summed E-state index contributed by atoms with van der Waals surface area (Å²) in [6, 6.07) is 7.15. The third kappa shape index (κ3) is 7.68. The van der Waals surface area contributed by atoms with Crippen LogP contribution in [0.1, 0.15) is 33.1 Å². The zero-order valence-corrected chi connectivity index (χ0v) is 13.1. The van der Waals surface area contributed by atoms with Crippen LogP contribution in [0.25, 0.3) is 0 Å². The van der Waals surface area contributed by atoms with E-state index in [1.807, 2.05) is 26.0 Å². The van der Waals surface area contributed by atoms with Gasteiger partial charge in [0.15, 0.2) is 0 Å². The number of ether oxygens (including phenoxy) is 2. The first kappa shape index (κ1) is 17.5. The van der Waals surface area contributed by atoms with E-state index < -0.39 is 0 Å². The van der Waals surface area contributed by atoms with E-state index in [0.29, 0.717) is 31.7 Å². The minimum Gasteiger partial charge on any atom is -0.399 e. The third-order valence-corrected chi connectivity index (χ3v) is 3.26. The molecule has 0 atom stereocenters. The van der Waals surface area contributed by atoms with E-state index >= 15 is 0 Å². The summed E-state index contributed by atoms with van der Waals surface area (Å²) >= 11 is 0. The van der Waals surface area contributed by atoms with Crippen LogP contribution in [0.3, 0.4) is 0 Å². The Labute approximate surface area is 126 Å². The van der Waals surface area contributed by atoms with Crippen LogP contribution in [0.4, 0.5) is 11.4 Å². The smallest absolute Gasteiger partial charge is 0.224 e. The molecule has 1 rings (SSSR count). The summed E-state index contributed by atoms with van der Waals surface area (Å²) in [6.45, 7) is 5.26. The molecule has 1 aromatic rings. The van der Waals surface area contributed by atoms with Crippen molar-refractivity contribution in [1.29, 1.82) is 0 Å². The molecule has 0 unspecified atom stereocenters. The van der Waals surface area contributed by atoms with Crippen molar-refractivity contribution in [2.45, 2.75) is 38.7 Å². The quantitative estimate of drug-likeness (QED) is 0.542. The predicted molar refractivity (Wildman–Crippen MR) is 85.2 cm³/mol. The van der Waals surface area contributed by atoms with Crippen LogP contribution < -0.4 is 11.1 Å². The van der Waals surface area contributed by atoms with Gasteiger partial charge in [-0.2, -0.15) is 0 Å². The summed E-state index contributed by atoms with van der Waals surface area (Å²) in [4.78, 5) is 11.7. The highest BCUT2D eigenvalue weighted by Gasteiger charge is 2.15. The molecule has 0 saturated carbocycles. The normalized spacial score (nSPS) is 11.4. The number of hydrogen-bond acceptors (Lipinski definition) is 4. The minimum absolute atomic E-state index is 0.0265. The van der Waals surface area contributed by atoms with Gasteiger partial charge in [-0.05, 0) is 44.9 Å². The zero-order valence-electron chi connectivity index (χ0n) is 13.1. The molecule has 0 aliphatic carbocycles. The van der Waals surface area contributed by atoms with Gasteiger partial charge in [0.1, 0.15) is 0 Å². The van der Waals surface area contributed by atoms with E-state index in [-0.39, 0.29) is 11.5 Å². The number of hydrogen-bond donors (Lipinski definition) is 2. The molecule has 0 aliphatic heterocycles. The van der Waals surface area contributed by atoms with Crippen molar-refractivity contribution in [2.75, 3.05) is 31.4 Å². The van der Waals surface area contributed by atoms with Gasteiger partial charge in [-0.25, -0.2) is 0 Å². The lowest BCUT2D eigenvalue weighted by atomic mass is 10.1. The van der Waals surface area contributed by atoms with Crippen molar-refractivity contribution in [3.63, 3.8) is 0 Å². The number of amides is 1. The first-order valence-electron chi connectivity index (χ1n) is 7.21. The van der Waals surface area contributed by atoms with Gasteiger partial charge < -0.3 is 20.5 Å². The van der Waals surface area contributed by atoms with Crippen LogP contribution in [0.15, 0.2) is 24.3 Å². The predicted octanol–water partition coefficient (Wildman–Crippen LogP) is 2.82. The monoisotopic (exact) mass is 294 g/mol. The standard InChI is InChI=1S/C16H26N2O3/c1-16(2,20-3)9-11-21-10-5-8-15(19)18-14-7-4-6-13(17)12-14/h4,6-7,12H,5,8-11,17H2,1-3H3,(H,18,19). The molecule has 1 aromatic carbocycles. The largest absolute Gasteiger partial charge is 0.399 e. The summed E-state index contributed by atoms with van der Waals surface area (Å²) in [5.74, 6) is -0.0265. The number of carbonyl (C=O) groups excluding carboxylic acids is 1. The van der Waals surface area contributed by atoms with Gasteiger partial charge in [-0.15, -0.1) is 0 Å². The van der Waals surface area contributed by atoms with Crippen LogP contribution >= 0.6 is 0 Å². The molecule has 118 valence electrons. The molecular formula is C16H26N2O3. The number of nitrogens with one attached hydrogen (secondary N) is 1. The number of nitrogens with two attached hydrogens (primary N) is 1. The highest BCUT2D eigenvalue weighted by atomic mass is 16.5. The van der Waals surface area contributed by atoms with Gasteiger partial charge in [0.2, 0.25) is 5.91 Å². The highest BCUT2D eigenvalue weighted by Crippen LogP contribution is 2.13. The first-order chi connectivity index (χ1) is 9.93. The molecule has 1 amide bonds. The molecule has 3 N–H and O–H groups in total. The lowest BCUT2D eigenvalue weighted by Crippen LogP contribution is -2.24. The van der Waals surface area contributed by atoms with Crippen molar-refractivity contribution in [2.24, 2.45) is 0 Å². The third-order valence-electron chi connectivity index (χ3n) is 3.26. The summed E-state index contributed by atoms with van der Waals surface area (Å²) < 4.78 is 10.8. The van der Waals surface area contributed by atoms with Crippen molar-refractivity contribution < 1.29 is 14.3 Å². The van der Waals surface area contributed by atoms with Crippen molar-refractivity contribution in [1.82, 2.24) is 0 Å². The molecule has 21 heavy (non-hydrogen) atoms. The fraction of sp³-hybridized carbons (Fsp3) is 0.562. The van der Waals surface area contributed by atoms with Crippen molar-refractivity contribution in [3.8, 4) is 0 Å². The average Bonchev–Trinajstić information content (AvgIpc) is 2.42. The molecule has 0 fully saturated rings. The Morgan fingerprint density at radius 3 is 2.76 bits per heavy atom. The van der Waals surface area contributed by atoms with Gasteiger partial charge in [0, 0.05) is 38.1 Å². The minimum atomic E-state index is -0.162. The van der Waals surface area contributed by atoms with Gasteiger partial charge in [-0.1, -0.05) is 6.07 Å². The Balaban J connectivity index is 2.11. The average molecular weight is 294 g/mol. The zero-order chi connectivity index (χ0) is 15.7. The summed E-state index contributed by atoms with van der Waals surface area (Å²) in [7, 11) is 1.70. The van der Waals surface area contributed by atoms with E-state index in [2.05, 4.69) is 5.32 Å². The van der Waals surface area contributed by atoms with Crippen LogP contribution in [-0.2, 0) is 14.3 Å². The molecule has 0 radical (unpaired) electrons. The number of rotatable bonds is 9. The van der Waals surface area contributed by atoms with E-state index in [1.165, 1.54) is 0 Å². The lowest BCUT2D eigenvalue weighted by molar-refractivity contribution is -0.116. The van der Waals surface area contributed by atoms with Gasteiger partial charge in [0.05, 0.1) is 5.60 Å². The Morgan fingerprint density at radius 2 is 2.10 bits per heavy atom. The Hall–Kier alpha value is -1.59. The summed E-state index contributed by atoms with van der Waals surface area (Å²) in [5, 5.41) is 2.81. The molecule has 0 bridgehead atoms. The Morgan fingerprint density at radius 1 is 1.33 bits per heavy atom. The van der Waals surface area contributed by atoms with Crippen molar-refractivity contribution in [3.05, 3.63) is 24.3 Å². The van der Waals surface area contributed by atoms with Gasteiger partial charge in [0.25, 0.3) is 0 Å². The maximum absolute atomic E-state index is 11.7. The van der Waals surface area contributed by atoms with E-state index in [0.717, 1.165) is 12.1 Å². The fourth-order valence-corrected chi connectivity index (χ4v) is 1.70. The van der Waals surface area contributed by atoms with Crippen LogP contribution in [0, 0.1) is 0 Å². The Bertz CT molecular complexity index is 447. The van der Waals surface area contributed by atoms with Crippen LogP contribution in [0.2, 0.25) is 0 Å². The number of carbonyl (C=O) groups is 1. The van der Waals surface area contributed by atoms with E-state index in [9.17, 15) is 4.79 Å². The first-order valence-corrected chi connectivity index (χ1v) is 7.21. The maximum atomic E-state index is 11.7. The molecule has 5 nitrogen and oxygen atoms in total. The lowest BCUT2D eigenvalue weighted by Gasteiger charge is -2.22. The molecule has 0 heterocycles. The Kier molecular flexibility index (Phi) is 7.19. The van der Waals surface area contributed by atoms with E-state index in [1.54, 1.807) is 19.2 Å². The number of anilines is 2. The second kappa shape index (κ2) is 8.64. The van der Waals surface area contributed by atoms with Crippen molar-refractivity contribution >= 4 is 17.3 Å². The molecular weight excluding hydrogens is 268 g/mol.